The van der Waals surface area contributed by atoms with Gasteiger partial charge in [-0.15, -0.1) is 11.3 Å². The number of nitrogen functional groups attached to an aromatic ring is 1. The Morgan fingerprint density at radius 1 is 1.42 bits per heavy atom. The van der Waals surface area contributed by atoms with Crippen LogP contribution >= 0.6 is 11.3 Å². The van der Waals surface area contributed by atoms with Crippen molar-refractivity contribution in [1.29, 1.82) is 0 Å². The summed E-state index contributed by atoms with van der Waals surface area (Å²) in [5.41, 5.74) is 6.12. The van der Waals surface area contributed by atoms with Crippen LogP contribution in [0.25, 0.3) is 0 Å². The van der Waals surface area contributed by atoms with Gasteiger partial charge in [-0.25, -0.2) is 9.59 Å². The number of amides is 3. The molecule has 8 heteroatoms. The van der Waals surface area contributed by atoms with E-state index in [4.69, 9.17) is 10.5 Å². The lowest BCUT2D eigenvalue weighted by Crippen LogP contribution is -2.43. The van der Waals surface area contributed by atoms with Gasteiger partial charge in [0.15, 0.2) is 6.10 Å². The van der Waals surface area contributed by atoms with Gasteiger partial charge in [0.2, 0.25) is 0 Å². The molecular weight excluding hydrogens is 270 g/mol. The van der Waals surface area contributed by atoms with Gasteiger partial charge in [0.25, 0.3) is 5.91 Å². The molecule has 0 spiro atoms. The molecule has 7 nitrogen and oxygen atoms in total. The lowest BCUT2D eigenvalue weighted by Gasteiger charge is -2.11. The Labute approximate surface area is 114 Å². The molecule has 0 aliphatic rings. The van der Waals surface area contributed by atoms with E-state index < -0.39 is 24.0 Å². The predicted octanol–water partition coefficient (Wildman–Crippen LogP) is 0.640. The number of carbonyl (C=O) groups excluding carboxylic acids is 3. The molecule has 1 aromatic rings. The topological polar surface area (TPSA) is 111 Å². The molecule has 0 aliphatic heterocycles. The van der Waals surface area contributed by atoms with Crippen molar-refractivity contribution in [3.05, 3.63) is 15.8 Å². The van der Waals surface area contributed by atoms with Gasteiger partial charge >= 0.3 is 12.0 Å². The van der Waals surface area contributed by atoms with Gasteiger partial charge in [-0.1, -0.05) is 0 Å². The van der Waals surface area contributed by atoms with E-state index in [0.717, 1.165) is 4.88 Å². The number of nitrogens with one attached hydrogen (secondary N) is 2. The summed E-state index contributed by atoms with van der Waals surface area (Å²) in [6.45, 7) is 3.15. The first-order valence-corrected chi connectivity index (χ1v) is 6.26. The smallest absolute Gasteiger partial charge is 0.349 e. The molecule has 1 aromatic heterocycles. The number of nitrogens with two attached hydrogens (primary N) is 1. The molecule has 1 heterocycles. The van der Waals surface area contributed by atoms with E-state index in [2.05, 4.69) is 5.32 Å². The van der Waals surface area contributed by atoms with Crippen LogP contribution in [0.2, 0.25) is 0 Å². The molecule has 0 fully saturated rings. The van der Waals surface area contributed by atoms with E-state index in [1.165, 1.54) is 31.4 Å². The third kappa shape index (κ3) is 3.95. The van der Waals surface area contributed by atoms with Gasteiger partial charge in [-0.3, -0.25) is 10.1 Å². The van der Waals surface area contributed by atoms with Crippen LogP contribution in [0.5, 0.6) is 0 Å². The van der Waals surface area contributed by atoms with Crippen LogP contribution in [-0.4, -0.2) is 31.1 Å². The zero-order valence-electron chi connectivity index (χ0n) is 10.8. The van der Waals surface area contributed by atoms with Gasteiger partial charge in [-0.2, -0.15) is 0 Å². The van der Waals surface area contributed by atoms with E-state index in [0.29, 0.717) is 10.6 Å². The standard InChI is InChI=1S/C11H15N3O4S/c1-5(9(15)14-11(17)13-3)18-10(16)8-4-7(12)6(2)19-8/h4-5H,12H2,1-3H3,(H2,13,14,15,17). The molecule has 0 radical (unpaired) electrons. The van der Waals surface area contributed by atoms with Crippen LogP contribution in [0.3, 0.4) is 0 Å². The molecule has 0 aromatic carbocycles. The number of ether oxygens (including phenoxy) is 1. The normalized spacial score (nSPS) is 11.5. The summed E-state index contributed by atoms with van der Waals surface area (Å²) in [6, 6.07) is 0.829. The average molecular weight is 285 g/mol. The van der Waals surface area contributed by atoms with Crippen LogP contribution in [0.15, 0.2) is 6.07 Å². The summed E-state index contributed by atoms with van der Waals surface area (Å²) in [6.07, 6.45) is -1.08. The number of urea groups is 1. The Kier molecular flexibility index (Phi) is 4.87. The number of hydrogen-bond acceptors (Lipinski definition) is 6. The zero-order valence-corrected chi connectivity index (χ0v) is 11.6. The predicted molar refractivity (Wildman–Crippen MR) is 70.9 cm³/mol. The van der Waals surface area contributed by atoms with Gasteiger partial charge in [-0.05, 0) is 19.9 Å². The number of imide groups is 1. The second-order valence-corrected chi connectivity index (χ2v) is 4.99. The Bertz CT molecular complexity index is 493. The van der Waals surface area contributed by atoms with Crippen molar-refractivity contribution >= 4 is 34.9 Å². The fraction of sp³-hybridized carbons (Fsp3) is 0.364. The lowest BCUT2D eigenvalue weighted by atomic mass is 10.3. The van der Waals surface area contributed by atoms with E-state index >= 15 is 0 Å². The number of carbonyl (C=O) groups is 3. The van der Waals surface area contributed by atoms with Crippen molar-refractivity contribution in [3.8, 4) is 0 Å². The van der Waals surface area contributed by atoms with Crippen molar-refractivity contribution in [2.24, 2.45) is 0 Å². The van der Waals surface area contributed by atoms with Gasteiger partial charge in [0, 0.05) is 17.6 Å². The maximum absolute atomic E-state index is 11.7. The van der Waals surface area contributed by atoms with Crippen molar-refractivity contribution in [3.63, 3.8) is 0 Å². The third-order valence-corrected chi connectivity index (χ3v) is 3.32. The minimum atomic E-state index is -1.08. The molecular formula is C11H15N3O4S. The quantitative estimate of drug-likeness (QED) is 0.706. The second-order valence-electron chi connectivity index (χ2n) is 3.74. The third-order valence-electron chi connectivity index (χ3n) is 2.27. The molecule has 0 bridgehead atoms. The first-order chi connectivity index (χ1) is 8.85. The van der Waals surface area contributed by atoms with E-state index in [1.54, 1.807) is 6.92 Å². The summed E-state index contributed by atoms with van der Waals surface area (Å²) >= 11 is 1.18. The van der Waals surface area contributed by atoms with Crippen molar-refractivity contribution < 1.29 is 19.1 Å². The highest BCUT2D eigenvalue weighted by Crippen LogP contribution is 2.24. The highest BCUT2D eigenvalue weighted by molar-refractivity contribution is 7.14. The molecule has 104 valence electrons. The van der Waals surface area contributed by atoms with Gasteiger partial charge in [0.05, 0.1) is 0 Å². The van der Waals surface area contributed by atoms with E-state index in [1.807, 2.05) is 5.32 Å². The number of anilines is 1. The minimum absolute atomic E-state index is 0.314. The summed E-state index contributed by atoms with van der Waals surface area (Å²) in [7, 11) is 1.37. The molecule has 19 heavy (non-hydrogen) atoms. The molecule has 0 aliphatic carbocycles. The largest absolute Gasteiger partial charge is 0.448 e. The SMILES string of the molecule is CNC(=O)NC(=O)C(C)OC(=O)c1cc(N)c(C)s1. The lowest BCUT2D eigenvalue weighted by molar-refractivity contribution is -0.127. The van der Waals surface area contributed by atoms with Gasteiger partial charge in [0.1, 0.15) is 4.88 Å². The van der Waals surface area contributed by atoms with Crippen LogP contribution < -0.4 is 16.4 Å². The molecule has 1 unspecified atom stereocenters. The summed E-state index contributed by atoms with van der Waals surface area (Å²) in [4.78, 5) is 35.3. The Hall–Kier alpha value is -2.09. The second kappa shape index (κ2) is 6.19. The zero-order chi connectivity index (χ0) is 14.6. The van der Waals surface area contributed by atoms with E-state index in [9.17, 15) is 14.4 Å². The molecule has 0 saturated heterocycles. The number of esters is 1. The maximum Gasteiger partial charge on any atom is 0.349 e. The van der Waals surface area contributed by atoms with Crippen molar-refractivity contribution in [2.45, 2.75) is 20.0 Å². The highest BCUT2D eigenvalue weighted by atomic mass is 32.1. The molecule has 4 N–H and O–H groups in total. The molecule has 1 rings (SSSR count). The van der Waals surface area contributed by atoms with Crippen LogP contribution in [0.1, 0.15) is 21.5 Å². The van der Waals surface area contributed by atoms with E-state index in [-0.39, 0.29) is 0 Å². The van der Waals surface area contributed by atoms with Crippen LogP contribution in [0, 0.1) is 6.92 Å². The number of thiophene rings is 1. The van der Waals surface area contributed by atoms with Crippen molar-refractivity contribution in [2.75, 3.05) is 12.8 Å². The minimum Gasteiger partial charge on any atom is -0.448 e. The average Bonchev–Trinajstić information content (AvgIpc) is 2.69. The van der Waals surface area contributed by atoms with Crippen LogP contribution in [0.4, 0.5) is 10.5 Å². The Balaban J connectivity index is 2.61. The fourth-order valence-corrected chi connectivity index (χ4v) is 1.97. The summed E-state index contributed by atoms with van der Waals surface area (Å²) in [5, 5.41) is 4.24. The maximum atomic E-state index is 11.7. The van der Waals surface area contributed by atoms with Crippen LogP contribution in [-0.2, 0) is 9.53 Å². The summed E-state index contributed by atoms with van der Waals surface area (Å²) in [5.74, 6) is -1.35. The molecule has 1 atom stereocenters. The monoisotopic (exact) mass is 285 g/mol. The first kappa shape index (κ1) is 15.0. The molecule has 0 saturated carbocycles. The van der Waals surface area contributed by atoms with Gasteiger partial charge < -0.3 is 15.8 Å². The Morgan fingerprint density at radius 3 is 2.53 bits per heavy atom. The number of aryl methyl sites for hydroxylation is 1. The number of rotatable bonds is 3. The molecule has 3 amide bonds. The Morgan fingerprint density at radius 2 is 2.05 bits per heavy atom. The van der Waals surface area contributed by atoms with Crippen molar-refractivity contribution in [1.82, 2.24) is 10.6 Å². The highest BCUT2D eigenvalue weighted by Gasteiger charge is 2.21. The summed E-state index contributed by atoms with van der Waals surface area (Å²) < 4.78 is 4.94. The first-order valence-electron chi connectivity index (χ1n) is 5.44. The fourth-order valence-electron chi connectivity index (χ4n) is 1.14. The number of hydrogen-bond donors (Lipinski definition) is 3.